The van der Waals surface area contributed by atoms with Crippen molar-refractivity contribution in [1.82, 2.24) is 4.72 Å². The van der Waals surface area contributed by atoms with Crippen LogP contribution in [0, 0.1) is 12.3 Å². The molecule has 0 amide bonds. The summed E-state index contributed by atoms with van der Waals surface area (Å²) < 4.78 is 22.2. The van der Waals surface area contributed by atoms with Crippen molar-refractivity contribution in [2.45, 2.75) is 6.42 Å². The number of nitrogens with two attached hydrogens (primary N) is 1. The van der Waals surface area contributed by atoms with Gasteiger partial charge in [-0.1, -0.05) is 0 Å². The van der Waals surface area contributed by atoms with Gasteiger partial charge in [-0.25, -0.2) is 9.86 Å². The molecule has 0 unspecified atom stereocenters. The molecule has 0 bridgehead atoms. The fraction of sp³-hybridized carbons (Fsp3) is 0.500. The molecule has 4 nitrogen and oxygen atoms in total. The minimum atomic E-state index is -3.54. The van der Waals surface area contributed by atoms with Crippen molar-refractivity contribution >= 4 is 10.2 Å². The third-order valence-corrected chi connectivity index (χ3v) is 1.18. The van der Waals surface area contributed by atoms with Crippen LogP contribution < -0.4 is 9.86 Å². The third kappa shape index (κ3) is 7.43. The summed E-state index contributed by atoms with van der Waals surface area (Å²) in [4.78, 5) is 0. The first kappa shape index (κ1) is 8.43. The van der Waals surface area contributed by atoms with Crippen LogP contribution in [0.25, 0.3) is 0 Å². The second kappa shape index (κ2) is 3.45. The first-order valence-electron chi connectivity index (χ1n) is 2.27. The monoisotopic (exact) mass is 148 g/mol. The van der Waals surface area contributed by atoms with Crippen LogP contribution >= 0.6 is 0 Å². The molecule has 5 heteroatoms. The minimum Gasteiger partial charge on any atom is -0.216 e. The van der Waals surface area contributed by atoms with E-state index in [1.807, 2.05) is 4.72 Å². The molecule has 52 valence electrons. The zero-order chi connectivity index (χ0) is 7.33. The van der Waals surface area contributed by atoms with E-state index in [0.29, 0.717) is 6.42 Å². The molecule has 0 fully saturated rings. The quantitative estimate of drug-likeness (QED) is 0.390. The lowest BCUT2D eigenvalue weighted by Gasteiger charge is -1.94. The molecule has 0 aliphatic carbocycles. The smallest absolute Gasteiger partial charge is 0.216 e. The van der Waals surface area contributed by atoms with Crippen molar-refractivity contribution in [3.8, 4) is 12.3 Å². The van der Waals surface area contributed by atoms with Crippen molar-refractivity contribution in [1.29, 1.82) is 0 Å². The Labute approximate surface area is 54.6 Å². The third-order valence-electron chi connectivity index (χ3n) is 0.573. The molecule has 0 aliphatic heterocycles. The van der Waals surface area contributed by atoms with Crippen molar-refractivity contribution in [2.24, 2.45) is 5.14 Å². The topological polar surface area (TPSA) is 72.2 Å². The van der Waals surface area contributed by atoms with Gasteiger partial charge in [0.2, 0.25) is 0 Å². The highest BCUT2D eigenvalue weighted by atomic mass is 32.2. The Kier molecular flexibility index (Phi) is 3.24. The van der Waals surface area contributed by atoms with E-state index >= 15 is 0 Å². The molecule has 0 aromatic carbocycles. The fourth-order valence-electron chi connectivity index (χ4n) is 0.265. The highest BCUT2D eigenvalue weighted by Crippen LogP contribution is 1.71. The number of hydrogen-bond donors (Lipinski definition) is 2. The normalized spacial score (nSPS) is 10.7. The maximum absolute atomic E-state index is 10.1. The first-order chi connectivity index (χ1) is 4.06. The summed E-state index contributed by atoms with van der Waals surface area (Å²) in [6.07, 6.45) is 5.19. The highest BCUT2D eigenvalue weighted by molar-refractivity contribution is 7.87. The predicted octanol–water partition coefficient (Wildman–Crippen LogP) is -1.20. The molecule has 0 saturated carbocycles. The SMILES string of the molecule is C#CCCNS(N)(=O)=O. The van der Waals surface area contributed by atoms with Gasteiger partial charge in [0.25, 0.3) is 10.2 Å². The van der Waals surface area contributed by atoms with Gasteiger partial charge in [-0.05, 0) is 0 Å². The minimum absolute atomic E-state index is 0.204. The Morgan fingerprint density at radius 2 is 2.22 bits per heavy atom. The van der Waals surface area contributed by atoms with Crippen molar-refractivity contribution < 1.29 is 8.42 Å². The number of terminal acetylenes is 1. The van der Waals surface area contributed by atoms with Crippen molar-refractivity contribution in [2.75, 3.05) is 6.54 Å². The van der Waals surface area contributed by atoms with E-state index in [1.54, 1.807) is 0 Å². The van der Waals surface area contributed by atoms with Crippen LogP contribution in [0.15, 0.2) is 0 Å². The summed E-state index contributed by atoms with van der Waals surface area (Å²) in [5, 5.41) is 4.57. The van der Waals surface area contributed by atoms with E-state index in [2.05, 4.69) is 11.1 Å². The lowest BCUT2D eigenvalue weighted by molar-refractivity contribution is 0.584. The van der Waals surface area contributed by atoms with Gasteiger partial charge in [0, 0.05) is 13.0 Å². The Morgan fingerprint density at radius 1 is 1.67 bits per heavy atom. The molecular formula is C4H8N2O2S. The summed E-state index contributed by atoms with van der Waals surface area (Å²) >= 11 is 0. The highest BCUT2D eigenvalue weighted by Gasteiger charge is 1.96. The maximum Gasteiger partial charge on any atom is 0.274 e. The molecule has 0 aliphatic rings. The van der Waals surface area contributed by atoms with Crippen molar-refractivity contribution in [3.63, 3.8) is 0 Å². The zero-order valence-electron chi connectivity index (χ0n) is 4.79. The second-order valence-electron chi connectivity index (χ2n) is 1.39. The van der Waals surface area contributed by atoms with Crippen LogP contribution in [0.4, 0.5) is 0 Å². The molecule has 0 radical (unpaired) electrons. The lowest BCUT2D eigenvalue weighted by Crippen LogP contribution is -2.31. The fourth-order valence-corrected chi connectivity index (χ4v) is 0.652. The van der Waals surface area contributed by atoms with E-state index in [9.17, 15) is 8.42 Å². The standard InChI is InChI=1S/C4H8N2O2S/c1-2-3-4-6-9(5,7)8/h1,6H,3-4H2,(H2,5,7,8). The average molecular weight is 148 g/mol. The Morgan fingerprint density at radius 3 is 2.56 bits per heavy atom. The van der Waals surface area contributed by atoms with Gasteiger partial charge in [-0.3, -0.25) is 0 Å². The second-order valence-corrected chi connectivity index (χ2v) is 2.77. The van der Waals surface area contributed by atoms with E-state index in [-0.39, 0.29) is 6.54 Å². The first-order valence-corrected chi connectivity index (χ1v) is 3.82. The molecule has 0 atom stereocenters. The molecule has 9 heavy (non-hydrogen) atoms. The van der Waals surface area contributed by atoms with Crippen LogP contribution in [-0.4, -0.2) is 15.0 Å². The van der Waals surface area contributed by atoms with Gasteiger partial charge >= 0.3 is 0 Å². The Hall–Kier alpha value is -0.570. The van der Waals surface area contributed by atoms with Gasteiger partial charge in [0.1, 0.15) is 0 Å². The predicted molar refractivity (Wildman–Crippen MR) is 34.6 cm³/mol. The lowest BCUT2D eigenvalue weighted by atomic mass is 10.5. The van der Waals surface area contributed by atoms with Crippen LogP contribution in [0.3, 0.4) is 0 Å². The maximum atomic E-state index is 10.1. The average Bonchev–Trinajstić information content (AvgIpc) is 1.63. The van der Waals surface area contributed by atoms with E-state index in [1.165, 1.54) is 0 Å². The van der Waals surface area contributed by atoms with E-state index in [4.69, 9.17) is 6.42 Å². The summed E-state index contributed by atoms with van der Waals surface area (Å²) in [5.74, 6) is 2.26. The van der Waals surface area contributed by atoms with Gasteiger partial charge in [0.15, 0.2) is 0 Å². The van der Waals surface area contributed by atoms with E-state index < -0.39 is 10.2 Å². The number of rotatable bonds is 3. The van der Waals surface area contributed by atoms with Gasteiger partial charge < -0.3 is 0 Å². The molecular weight excluding hydrogens is 140 g/mol. The molecule has 0 aromatic heterocycles. The van der Waals surface area contributed by atoms with Crippen LogP contribution in [0.5, 0.6) is 0 Å². The molecule has 0 rings (SSSR count). The van der Waals surface area contributed by atoms with Crippen LogP contribution in [0.2, 0.25) is 0 Å². The summed E-state index contributed by atoms with van der Waals surface area (Å²) in [6.45, 7) is 0.204. The number of hydrogen-bond acceptors (Lipinski definition) is 2. The molecule has 0 heterocycles. The molecule has 3 N–H and O–H groups in total. The number of nitrogens with one attached hydrogen (secondary N) is 1. The summed E-state index contributed by atoms with van der Waals surface area (Å²) in [6, 6.07) is 0. The van der Waals surface area contributed by atoms with Gasteiger partial charge in [0.05, 0.1) is 0 Å². The summed E-state index contributed by atoms with van der Waals surface area (Å²) in [5.41, 5.74) is 0. The largest absolute Gasteiger partial charge is 0.274 e. The van der Waals surface area contributed by atoms with Gasteiger partial charge in [-0.15, -0.1) is 12.3 Å². The Bertz CT molecular complexity index is 201. The molecule has 0 saturated heterocycles. The summed E-state index contributed by atoms with van der Waals surface area (Å²) in [7, 11) is -3.54. The van der Waals surface area contributed by atoms with Crippen molar-refractivity contribution in [3.05, 3.63) is 0 Å². The molecule has 0 spiro atoms. The zero-order valence-corrected chi connectivity index (χ0v) is 5.61. The van der Waals surface area contributed by atoms with Gasteiger partial charge in [-0.2, -0.15) is 8.42 Å². The van der Waals surface area contributed by atoms with Crippen LogP contribution in [-0.2, 0) is 10.2 Å². The Balaban J connectivity index is 3.44. The van der Waals surface area contributed by atoms with Crippen LogP contribution in [0.1, 0.15) is 6.42 Å². The molecule has 0 aromatic rings. The van der Waals surface area contributed by atoms with E-state index in [0.717, 1.165) is 0 Å².